The van der Waals surface area contributed by atoms with E-state index in [2.05, 4.69) is 47.8 Å². The second-order valence-electron chi connectivity index (χ2n) is 0.101. The van der Waals surface area contributed by atoms with E-state index >= 15 is 0 Å². The fourth-order valence-electron chi connectivity index (χ4n) is 0. The highest BCUT2D eigenvalue weighted by Crippen LogP contribution is 1.83. The molecule has 0 radical (unpaired) electrons. The van der Waals surface area contributed by atoms with E-state index in [0.717, 1.165) is 4.24 Å². The van der Waals surface area contributed by atoms with Gasteiger partial charge in [0, 0.05) is 9.93 Å². The van der Waals surface area contributed by atoms with Crippen molar-refractivity contribution in [1.29, 1.82) is 0 Å². The number of alkyl halides is 3. The summed E-state index contributed by atoms with van der Waals surface area (Å²) in [5, 5.41) is 0. The van der Waals surface area contributed by atoms with Crippen molar-refractivity contribution in [1.82, 2.24) is 0 Å². The lowest BCUT2D eigenvalue weighted by molar-refractivity contribution is 0.824. The Morgan fingerprint density at radius 1 is 0.733 bits per heavy atom. The fourth-order valence-corrected chi connectivity index (χ4v) is 0. The van der Waals surface area contributed by atoms with Gasteiger partial charge in [0.2, 0.25) is 0 Å². The summed E-state index contributed by atoms with van der Waals surface area (Å²) in [6.07, 6.45) is 0. The molecule has 15 heavy (non-hydrogen) atoms. The number of rotatable bonds is 0. The Hall–Kier alpha value is 1.48. The maximum absolute atomic E-state index is 7.00. The van der Waals surface area contributed by atoms with Crippen LogP contribution < -0.4 is 0 Å². The highest BCUT2D eigenvalue weighted by atomic mass is 79.9. The molecule has 0 aliphatic rings. The second-order valence-corrected chi connectivity index (χ2v) is 2.73. The monoisotopic (exact) mass is 492 g/mol. The molecule has 0 aliphatic carbocycles. The molecule has 0 amide bonds. The molecule has 0 bridgehead atoms. The third-order valence-corrected chi connectivity index (χ3v) is 0. The molecule has 0 saturated carbocycles. The van der Waals surface area contributed by atoms with Crippen molar-refractivity contribution in [2.75, 3.05) is 10.1 Å². The number of hydrogen-bond acceptors (Lipinski definition) is 2. The molecule has 3 nitrogen and oxygen atoms in total. The third kappa shape index (κ3) is 1280. The largest absolute Gasteiger partial charge is 0.412 e. The van der Waals surface area contributed by atoms with Crippen LogP contribution in [0.15, 0.2) is 0 Å². The molecule has 2 N–H and O–H groups in total. The van der Waals surface area contributed by atoms with Gasteiger partial charge in [-0.25, -0.2) is 0 Å². The average Bonchev–Trinajstić information content (AvgIpc) is 1.78. The Kier molecular flexibility index (Phi) is 4630. The maximum Gasteiger partial charge on any atom is 0.0588 e. The molecule has 0 aromatic carbocycles. The minimum atomic E-state index is 0. The summed E-state index contributed by atoms with van der Waals surface area (Å²) in [5.41, 5.74) is 0. The molecule has 0 saturated heterocycles. The highest BCUT2D eigenvalue weighted by Gasteiger charge is 1.41. The Labute approximate surface area is 134 Å². The van der Waals surface area contributed by atoms with Crippen LogP contribution in [-0.2, 0) is 0 Å². The van der Waals surface area contributed by atoms with Crippen LogP contribution in [-0.4, -0.2) is 15.5 Å². The molecule has 0 aromatic rings. The van der Waals surface area contributed by atoms with Crippen LogP contribution in [0.4, 0.5) is 0 Å². The zero-order valence-electron chi connectivity index (χ0n) is 4.57. The lowest BCUT2D eigenvalue weighted by Crippen LogP contribution is -1.19. The minimum Gasteiger partial charge on any atom is -0.412 e. The lowest BCUT2D eigenvalue weighted by atomic mass is 12.0. The molecular formula is C8H32Br4O3. The van der Waals surface area contributed by atoms with E-state index in [9.17, 15) is 0 Å². The molecule has 0 fully saturated rings. The summed E-state index contributed by atoms with van der Waals surface area (Å²) < 4.78 is 0.875. The molecule has 7 heteroatoms. The summed E-state index contributed by atoms with van der Waals surface area (Å²) in [5.74, 6) is 1.81. The SMILES string of the molecule is Br.BrCBr.C.C.C.C.C.C.CBr.O.O=O. The normalized spacial score (nSPS) is 1.87. The van der Waals surface area contributed by atoms with Gasteiger partial charge in [-0.3, -0.25) is 0 Å². The standard InChI is InChI=1S/CH2Br2.CH3Br.6CH4.BrH.O2.H2O/c2-1-3;1-2;;;;;;;;1-2;/h1H2;1H3;6*1H4;1H;;1H2. The van der Waals surface area contributed by atoms with E-state index in [-0.39, 0.29) is 67.0 Å². The summed E-state index contributed by atoms with van der Waals surface area (Å²) in [7, 11) is 0. The van der Waals surface area contributed by atoms with E-state index in [4.69, 9.17) is 9.93 Å². The van der Waals surface area contributed by atoms with Gasteiger partial charge in [-0.15, -0.1) is 17.0 Å². The molecule has 0 heterocycles. The average molecular weight is 496 g/mol. The summed E-state index contributed by atoms with van der Waals surface area (Å²) >= 11 is 9.06. The van der Waals surface area contributed by atoms with Gasteiger partial charge in [0.25, 0.3) is 0 Å². The molecule has 0 aromatic heterocycles. The molecule has 0 spiro atoms. The topological polar surface area (TPSA) is 65.6 Å². The highest BCUT2D eigenvalue weighted by molar-refractivity contribution is 9.24. The smallest absolute Gasteiger partial charge is 0.0588 e. The van der Waals surface area contributed by atoms with Gasteiger partial charge in [0.05, 0.1) is 4.24 Å². The van der Waals surface area contributed by atoms with Gasteiger partial charge in [0.1, 0.15) is 0 Å². The van der Waals surface area contributed by atoms with Crippen LogP contribution in [0.3, 0.4) is 0 Å². The predicted octanol–water partition coefficient (Wildman–Crippen LogP) is 6.38. The first-order valence-electron chi connectivity index (χ1n) is 1.08. The van der Waals surface area contributed by atoms with Crippen molar-refractivity contribution >= 4 is 64.8 Å². The fraction of sp³-hybridized carbons (Fsp3) is 1.00. The Bertz CT molecular complexity index is 25.8. The zero-order chi connectivity index (χ0) is 6.71. The molecule has 110 valence electrons. The Morgan fingerprint density at radius 3 is 0.733 bits per heavy atom. The third-order valence-electron chi connectivity index (χ3n) is 0. The number of halogens is 4. The summed E-state index contributed by atoms with van der Waals surface area (Å²) in [6.45, 7) is 0. The van der Waals surface area contributed by atoms with Crippen LogP contribution in [0.1, 0.15) is 44.6 Å². The minimum absolute atomic E-state index is 0. The molecule has 0 rings (SSSR count). The van der Waals surface area contributed by atoms with Gasteiger partial charge in [-0.05, 0) is 5.83 Å². The van der Waals surface area contributed by atoms with Crippen molar-refractivity contribution in [2.24, 2.45) is 0 Å². The van der Waals surface area contributed by atoms with Crippen molar-refractivity contribution in [2.45, 2.75) is 44.6 Å². The van der Waals surface area contributed by atoms with E-state index in [1.165, 1.54) is 0 Å². The van der Waals surface area contributed by atoms with Crippen molar-refractivity contribution in [3.05, 3.63) is 9.93 Å². The van der Waals surface area contributed by atoms with Crippen LogP contribution in [0, 0.1) is 9.93 Å². The van der Waals surface area contributed by atoms with E-state index in [0.29, 0.717) is 0 Å². The Morgan fingerprint density at radius 2 is 0.733 bits per heavy atom. The van der Waals surface area contributed by atoms with Crippen LogP contribution in [0.2, 0.25) is 0 Å². The first-order chi connectivity index (χ1) is 3.41. The summed E-state index contributed by atoms with van der Waals surface area (Å²) in [4.78, 5) is 14.0. The number of hydrogen-bond donors (Lipinski definition) is 0. The molecule has 0 unspecified atom stereocenters. The first-order valence-corrected chi connectivity index (χ1v) is 4.91. The quantitative estimate of drug-likeness (QED) is 0.366. The van der Waals surface area contributed by atoms with E-state index in [1.54, 1.807) is 0 Å². The maximum atomic E-state index is 7.00. The van der Waals surface area contributed by atoms with Gasteiger partial charge in [-0.2, -0.15) is 0 Å². The van der Waals surface area contributed by atoms with Gasteiger partial charge in [-0.1, -0.05) is 92.3 Å². The molecular weight excluding hydrogens is 464 g/mol. The Balaban J connectivity index is -0.00000000142. The zero-order valence-corrected chi connectivity index (χ0v) is 11.0. The molecule has 0 aliphatic heterocycles. The van der Waals surface area contributed by atoms with Crippen LogP contribution in [0.25, 0.3) is 0 Å². The van der Waals surface area contributed by atoms with Gasteiger partial charge in [0.15, 0.2) is 0 Å². The van der Waals surface area contributed by atoms with Crippen LogP contribution in [0.5, 0.6) is 0 Å². The van der Waals surface area contributed by atoms with Gasteiger partial charge >= 0.3 is 0 Å². The van der Waals surface area contributed by atoms with E-state index in [1.807, 2.05) is 5.83 Å². The van der Waals surface area contributed by atoms with Crippen molar-refractivity contribution < 1.29 is 5.48 Å². The van der Waals surface area contributed by atoms with Crippen LogP contribution >= 0.6 is 64.8 Å². The van der Waals surface area contributed by atoms with Crippen molar-refractivity contribution in [3.63, 3.8) is 0 Å². The second kappa shape index (κ2) is 528. The lowest BCUT2D eigenvalue weighted by Gasteiger charge is -1.43. The predicted molar refractivity (Wildman–Crippen MR) is 98.6 cm³/mol. The summed E-state index contributed by atoms with van der Waals surface area (Å²) in [6, 6.07) is 0. The van der Waals surface area contributed by atoms with Crippen molar-refractivity contribution in [3.8, 4) is 0 Å². The van der Waals surface area contributed by atoms with E-state index < -0.39 is 0 Å². The molecule has 0 atom stereocenters. The van der Waals surface area contributed by atoms with Gasteiger partial charge < -0.3 is 5.48 Å². The first kappa shape index (κ1) is 132.